The molecule has 0 unspecified atom stereocenters. The molecule has 0 saturated carbocycles. The van der Waals surface area contributed by atoms with Crippen LogP contribution in [-0.2, 0) is 35.8 Å². The Bertz CT molecular complexity index is 1110. The average molecular weight is 439 g/mol. The Morgan fingerprint density at radius 2 is 2.10 bits per heavy atom. The van der Waals surface area contributed by atoms with Crippen LogP contribution in [0.3, 0.4) is 0 Å². The zero-order valence-corrected chi connectivity index (χ0v) is 20.0. The number of ether oxygens (including phenoxy) is 1. The smallest absolute Gasteiger partial charge is 0.477 e. The third-order valence-corrected chi connectivity index (χ3v) is 7.12. The third-order valence-electron chi connectivity index (χ3n) is 5.88. The van der Waals surface area contributed by atoms with Gasteiger partial charge < -0.3 is 14.8 Å². The molecule has 3 heterocycles. The third kappa shape index (κ3) is 3.63. The minimum absolute atomic E-state index is 0. The van der Waals surface area contributed by atoms with Crippen LogP contribution in [-0.4, -0.2) is 35.8 Å². The van der Waals surface area contributed by atoms with E-state index in [1.165, 1.54) is 10.9 Å². The van der Waals surface area contributed by atoms with Crippen molar-refractivity contribution in [1.82, 2.24) is 14.8 Å². The van der Waals surface area contributed by atoms with Crippen LogP contribution in [0, 0.1) is 0 Å². The Balaban J connectivity index is 0.00000218. The summed E-state index contributed by atoms with van der Waals surface area (Å²) in [5.41, 5.74) is 4.78. The number of nitrogens with one attached hydrogen (secondary N) is 1. The molecule has 0 fully saturated rings. The number of aromatic nitrogens is 3. The van der Waals surface area contributed by atoms with Crippen LogP contribution in [0.5, 0.6) is 5.88 Å². The number of anilines is 1. The number of amides is 2. The molecule has 1 atom stereocenters. The van der Waals surface area contributed by atoms with Gasteiger partial charge in [-0.2, -0.15) is 5.10 Å². The van der Waals surface area contributed by atoms with E-state index < -0.39 is 16.1 Å². The van der Waals surface area contributed by atoms with Crippen LogP contribution in [0.2, 0.25) is 0 Å². The van der Waals surface area contributed by atoms with Crippen molar-refractivity contribution in [2.24, 2.45) is 0 Å². The summed E-state index contributed by atoms with van der Waals surface area (Å²) in [6, 6.07) is -0.900. The van der Waals surface area contributed by atoms with Crippen molar-refractivity contribution >= 4 is 21.7 Å². The number of fused-ring (bicyclic) bond motifs is 3. The maximum atomic E-state index is 12.7. The molecule has 0 spiro atoms. The number of pyridine rings is 1. The Labute approximate surface area is 197 Å². The van der Waals surface area contributed by atoms with E-state index in [9.17, 15) is 13.2 Å². The van der Waals surface area contributed by atoms with E-state index in [0.717, 1.165) is 61.0 Å². The van der Waals surface area contributed by atoms with Crippen molar-refractivity contribution in [2.45, 2.75) is 62.8 Å². The minimum atomic E-state index is -4.23. The molecule has 0 saturated heterocycles. The van der Waals surface area contributed by atoms with E-state index in [0.29, 0.717) is 24.8 Å². The molecular formula is C19H22N5NaO4S. The average Bonchev–Trinajstić information content (AvgIpc) is 3.40. The van der Waals surface area contributed by atoms with Crippen molar-refractivity contribution in [3.8, 4) is 5.88 Å². The predicted molar refractivity (Wildman–Crippen MR) is 105 cm³/mol. The molecule has 3 aliphatic rings. The zero-order valence-electron chi connectivity index (χ0n) is 17.1. The molecule has 5 rings (SSSR count). The molecule has 2 aromatic rings. The second-order valence-electron chi connectivity index (χ2n) is 7.80. The molecule has 30 heavy (non-hydrogen) atoms. The molecule has 1 N–H and O–H groups in total. The van der Waals surface area contributed by atoms with Gasteiger partial charge in [-0.3, -0.25) is 9.78 Å². The predicted octanol–water partition coefficient (Wildman–Crippen LogP) is -0.102. The van der Waals surface area contributed by atoms with E-state index in [2.05, 4.69) is 22.1 Å². The van der Waals surface area contributed by atoms with Gasteiger partial charge in [0.15, 0.2) is 10.9 Å². The van der Waals surface area contributed by atoms with Gasteiger partial charge in [0.2, 0.25) is 15.9 Å². The maximum absolute atomic E-state index is 12.7. The number of hydrogen-bond acceptors (Lipinski definition) is 6. The first kappa shape index (κ1) is 21.6. The van der Waals surface area contributed by atoms with Gasteiger partial charge in [-0.1, -0.05) is 6.92 Å². The molecule has 0 radical (unpaired) electrons. The van der Waals surface area contributed by atoms with Crippen molar-refractivity contribution < 1.29 is 47.5 Å². The molecule has 2 amide bonds. The molecule has 2 aromatic heterocycles. The molecule has 0 bridgehead atoms. The number of urea groups is 1. The summed E-state index contributed by atoms with van der Waals surface area (Å²) in [5, 5.41) is 6.80. The standard InChI is InChI=1S/C19H23N5O4S.Na/c1-11-6-7-13-16(11)21-14-5-2-4-12(14)17(13)22-19(25)23-29(26,27)15-10-20-24-8-3-9-28-18(15)24;/h10-11H,2-9H2,1H3,(H2,21,22,23,25);/q;+1/p-1/t11-;/m1./s1. The summed E-state index contributed by atoms with van der Waals surface area (Å²) in [7, 11) is -4.23. The van der Waals surface area contributed by atoms with E-state index in [1.807, 2.05) is 0 Å². The number of rotatable bonds is 3. The molecular weight excluding hydrogens is 417 g/mol. The quantitative estimate of drug-likeness (QED) is 0.668. The van der Waals surface area contributed by atoms with Crippen LogP contribution in [0.4, 0.5) is 10.5 Å². The summed E-state index contributed by atoms with van der Waals surface area (Å²) >= 11 is 0. The van der Waals surface area contributed by atoms with Gasteiger partial charge in [-0.25, -0.2) is 13.1 Å². The van der Waals surface area contributed by atoms with Crippen LogP contribution < -0.4 is 39.6 Å². The maximum Gasteiger partial charge on any atom is 1.00 e. The summed E-state index contributed by atoms with van der Waals surface area (Å²) in [5.74, 6) is 0.482. The van der Waals surface area contributed by atoms with E-state index in [1.54, 1.807) is 0 Å². The van der Waals surface area contributed by atoms with Gasteiger partial charge in [0.25, 0.3) is 0 Å². The van der Waals surface area contributed by atoms with Gasteiger partial charge in [0.05, 0.1) is 12.8 Å². The zero-order chi connectivity index (χ0) is 20.2. The number of carbonyl (C=O) groups excluding carboxylic acids is 1. The van der Waals surface area contributed by atoms with Crippen molar-refractivity contribution in [3.05, 3.63) is 33.4 Å². The van der Waals surface area contributed by atoms with Crippen molar-refractivity contribution in [1.29, 1.82) is 0 Å². The molecule has 0 aromatic carbocycles. The first-order chi connectivity index (χ1) is 13.9. The second-order valence-corrected chi connectivity index (χ2v) is 9.38. The summed E-state index contributed by atoms with van der Waals surface area (Å²) in [4.78, 5) is 17.3. The van der Waals surface area contributed by atoms with Gasteiger partial charge in [0.1, 0.15) is 0 Å². The monoisotopic (exact) mass is 439 g/mol. The summed E-state index contributed by atoms with van der Waals surface area (Å²) < 4.78 is 35.8. The van der Waals surface area contributed by atoms with Gasteiger partial charge in [-0.05, 0) is 54.8 Å². The summed E-state index contributed by atoms with van der Waals surface area (Å²) in [6.45, 7) is 3.11. The normalized spacial score (nSPS) is 19.2. The molecule has 2 aliphatic carbocycles. The second kappa shape index (κ2) is 8.14. The van der Waals surface area contributed by atoms with Gasteiger partial charge in [-0.15, -0.1) is 0 Å². The van der Waals surface area contributed by atoms with Crippen LogP contribution in [0.25, 0.3) is 4.72 Å². The SMILES string of the molecule is C[C@@H]1CCc2c1nc1c(c2NC(=O)[N-]S(=O)(=O)c2cnn3c2OCCC3)CCC1.[Na+]. The first-order valence-corrected chi connectivity index (χ1v) is 11.4. The van der Waals surface area contributed by atoms with Crippen molar-refractivity contribution in [2.75, 3.05) is 11.9 Å². The molecule has 11 heteroatoms. The van der Waals surface area contributed by atoms with Crippen molar-refractivity contribution in [3.63, 3.8) is 0 Å². The van der Waals surface area contributed by atoms with Crippen LogP contribution in [0.1, 0.15) is 54.6 Å². The number of hydrogen-bond donors (Lipinski definition) is 1. The van der Waals surface area contributed by atoms with Crippen LogP contribution >= 0.6 is 0 Å². The van der Waals surface area contributed by atoms with E-state index in [4.69, 9.17) is 9.72 Å². The molecule has 9 nitrogen and oxygen atoms in total. The van der Waals surface area contributed by atoms with Crippen LogP contribution in [0.15, 0.2) is 11.1 Å². The molecule has 1 aliphatic heterocycles. The minimum Gasteiger partial charge on any atom is -0.477 e. The number of nitrogens with zero attached hydrogens (tertiary/aromatic N) is 4. The number of aryl methyl sites for hydroxylation is 2. The summed E-state index contributed by atoms with van der Waals surface area (Å²) in [6.07, 6.45) is 6.44. The molecule has 154 valence electrons. The van der Waals surface area contributed by atoms with E-state index >= 15 is 0 Å². The van der Waals surface area contributed by atoms with Gasteiger partial charge >= 0.3 is 29.6 Å². The Kier molecular flexibility index (Phi) is 5.86. The Morgan fingerprint density at radius 3 is 2.93 bits per heavy atom. The Hall–Kier alpha value is -1.62. The fourth-order valence-electron chi connectivity index (χ4n) is 4.46. The topological polar surface area (TPSA) is 117 Å². The number of carbonyl (C=O) groups is 1. The first-order valence-electron chi connectivity index (χ1n) is 9.96. The largest absolute Gasteiger partial charge is 1.00 e. The number of sulfonamides is 1. The van der Waals surface area contributed by atoms with E-state index in [-0.39, 0.29) is 40.3 Å². The van der Waals surface area contributed by atoms with Gasteiger partial charge in [0, 0.05) is 24.4 Å². The fourth-order valence-corrected chi connectivity index (χ4v) is 5.39. The Morgan fingerprint density at radius 1 is 1.27 bits per heavy atom. The fraction of sp³-hybridized carbons (Fsp3) is 0.526.